The Kier molecular flexibility index (Phi) is 13.7. The lowest BCUT2D eigenvalue weighted by Crippen LogP contribution is -2.58. The van der Waals surface area contributed by atoms with Gasteiger partial charge in [-0.25, -0.2) is 4.79 Å². The molecule has 1 aliphatic heterocycles. The van der Waals surface area contributed by atoms with Crippen molar-refractivity contribution >= 4 is 23.6 Å². The number of carbonyl (C=O) groups is 4. The normalized spacial score (nSPS) is 17.7. The number of ether oxygens (including phenoxy) is 1. The van der Waals surface area contributed by atoms with E-state index < -0.39 is 18.1 Å². The number of likely N-dealkylation sites (N-methyl/N-ethyl adjacent to an activating group) is 1. The van der Waals surface area contributed by atoms with Gasteiger partial charge in [0.25, 0.3) is 0 Å². The molecule has 250 valence electrons. The third kappa shape index (κ3) is 9.61. The molecule has 0 radical (unpaired) electrons. The van der Waals surface area contributed by atoms with Crippen LogP contribution in [0.15, 0.2) is 66.2 Å². The van der Waals surface area contributed by atoms with Crippen molar-refractivity contribution in [1.82, 2.24) is 15.1 Å². The number of rotatable bonds is 14. The number of ketones is 1. The van der Waals surface area contributed by atoms with Gasteiger partial charge in [-0.2, -0.15) is 0 Å². The predicted molar refractivity (Wildman–Crippen MR) is 182 cm³/mol. The summed E-state index contributed by atoms with van der Waals surface area (Å²) in [6.45, 7) is 15.0. The molecule has 8 heteroatoms. The van der Waals surface area contributed by atoms with Crippen molar-refractivity contribution in [3.05, 3.63) is 82.9 Å². The molecule has 2 unspecified atom stereocenters. The van der Waals surface area contributed by atoms with Gasteiger partial charge >= 0.3 is 5.97 Å². The standard InChI is InChI=1S/C38H53N3O5/c1-9-46-38(45)27(6)23-34(26(4)5)40(8)37(44)32(39-36(43)33-17-13-14-22-41(33)28(7)25(2)3)24-29-18-20-31(21-19-29)35(42)30-15-11-10-12-16-30/h10-12,15-16,18-21,23,25-26,28,32-34H,9,13-14,17,22,24H2,1-8H3,(H,39,43)/t28?,32-,33?,34+/m0/s1. The predicted octanol–water partition coefficient (Wildman–Crippen LogP) is 5.84. The van der Waals surface area contributed by atoms with E-state index in [9.17, 15) is 19.2 Å². The summed E-state index contributed by atoms with van der Waals surface area (Å²) in [5.74, 6) is -0.500. The SMILES string of the molecule is CCOC(=O)C(C)=C[C@H](C(C)C)N(C)C(=O)[C@H](Cc1ccc(C(=O)c2ccccc2)cc1)NC(=O)C1CCCCN1C(C)C(C)C. The Morgan fingerprint density at radius 2 is 1.57 bits per heavy atom. The number of carbonyl (C=O) groups excluding carboxylic acids is 4. The zero-order valence-electron chi connectivity index (χ0n) is 28.9. The minimum absolute atomic E-state index is 0.00121. The molecule has 46 heavy (non-hydrogen) atoms. The minimum atomic E-state index is -0.844. The highest BCUT2D eigenvalue weighted by molar-refractivity contribution is 6.09. The molecular formula is C38H53N3O5. The van der Waals surface area contributed by atoms with Gasteiger partial charge in [0.05, 0.1) is 18.7 Å². The summed E-state index contributed by atoms with van der Waals surface area (Å²) in [7, 11) is 1.72. The van der Waals surface area contributed by atoms with E-state index in [1.54, 1.807) is 56.1 Å². The number of esters is 1. The minimum Gasteiger partial charge on any atom is -0.463 e. The Morgan fingerprint density at radius 3 is 2.15 bits per heavy atom. The smallest absolute Gasteiger partial charge is 0.333 e. The van der Waals surface area contributed by atoms with Crippen molar-refractivity contribution in [2.75, 3.05) is 20.2 Å². The van der Waals surface area contributed by atoms with Crippen molar-refractivity contribution in [3.8, 4) is 0 Å². The fraction of sp³-hybridized carbons (Fsp3) is 0.526. The molecule has 4 atom stereocenters. The summed E-state index contributed by atoms with van der Waals surface area (Å²) in [4.78, 5) is 57.5. The first-order chi connectivity index (χ1) is 21.8. The average Bonchev–Trinajstić information content (AvgIpc) is 3.06. The fourth-order valence-electron chi connectivity index (χ4n) is 6.07. The number of hydrogen-bond donors (Lipinski definition) is 1. The first-order valence-electron chi connectivity index (χ1n) is 16.7. The molecule has 0 aliphatic carbocycles. The van der Waals surface area contributed by atoms with E-state index >= 15 is 0 Å². The van der Waals surface area contributed by atoms with Crippen LogP contribution in [-0.2, 0) is 25.5 Å². The second-order valence-electron chi connectivity index (χ2n) is 13.1. The molecule has 1 heterocycles. The molecule has 1 N–H and O–H groups in total. The van der Waals surface area contributed by atoms with E-state index in [2.05, 4.69) is 31.0 Å². The summed E-state index contributed by atoms with van der Waals surface area (Å²) < 4.78 is 5.18. The van der Waals surface area contributed by atoms with Gasteiger partial charge in [0.2, 0.25) is 11.8 Å². The number of hydrogen-bond acceptors (Lipinski definition) is 6. The molecule has 0 bridgehead atoms. The number of benzene rings is 2. The lowest BCUT2D eigenvalue weighted by atomic mass is 9.94. The summed E-state index contributed by atoms with van der Waals surface area (Å²) in [6, 6.07) is 15.0. The van der Waals surface area contributed by atoms with Gasteiger partial charge in [-0.05, 0) is 57.6 Å². The van der Waals surface area contributed by atoms with Crippen LogP contribution in [0.4, 0.5) is 0 Å². The summed E-state index contributed by atoms with van der Waals surface area (Å²) in [5, 5.41) is 3.14. The molecule has 0 saturated carbocycles. The number of nitrogens with one attached hydrogen (secondary N) is 1. The number of nitrogens with zero attached hydrogens (tertiary/aromatic N) is 2. The largest absolute Gasteiger partial charge is 0.463 e. The van der Waals surface area contributed by atoms with Crippen LogP contribution in [0.25, 0.3) is 0 Å². The Labute approximate surface area is 275 Å². The monoisotopic (exact) mass is 631 g/mol. The van der Waals surface area contributed by atoms with Gasteiger partial charge < -0.3 is 15.0 Å². The van der Waals surface area contributed by atoms with Gasteiger partial charge in [-0.3, -0.25) is 19.3 Å². The first kappa shape index (κ1) is 36.7. The molecule has 3 rings (SSSR count). The zero-order chi connectivity index (χ0) is 34.0. The lowest BCUT2D eigenvalue weighted by molar-refractivity contribution is -0.139. The van der Waals surface area contributed by atoms with Gasteiger partial charge in [0.15, 0.2) is 5.78 Å². The highest BCUT2D eigenvalue weighted by Gasteiger charge is 2.36. The Bertz CT molecular complexity index is 1350. The molecule has 1 fully saturated rings. The van der Waals surface area contributed by atoms with Crippen LogP contribution in [0.5, 0.6) is 0 Å². The molecule has 2 aromatic rings. The van der Waals surface area contributed by atoms with E-state index in [0.29, 0.717) is 22.6 Å². The van der Waals surface area contributed by atoms with Gasteiger partial charge in [-0.1, -0.05) is 94.8 Å². The van der Waals surface area contributed by atoms with Crippen molar-refractivity contribution in [2.24, 2.45) is 11.8 Å². The molecule has 8 nitrogen and oxygen atoms in total. The first-order valence-corrected chi connectivity index (χ1v) is 16.7. The van der Waals surface area contributed by atoms with E-state index in [1.165, 1.54) is 0 Å². The van der Waals surface area contributed by atoms with Crippen molar-refractivity contribution in [3.63, 3.8) is 0 Å². The maximum atomic E-state index is 14.3. The summed E-state index contributed by atoms with van der Waals surface area (Å²) in [5.41, 5.74) is 2.42. The number of piperidine rings is 1. The quantitative estimate of drug-likeness (QED) is 0.160. The molecule has 1 saturated heterocycles. The number of likely N-dealkylation sites (tertiary alicyclic amines) is 1. The topological polar surface area (TPSA) is 96.0 Å². The van der Waals surface area contributed by atoms with Crippen molar-refractivity contribution in [1.29, 1.82) is 0 Å². The van der Waals surface area contributed by atoms with Crippen LogP contribution in [0.2, 0.25) is 0 Å². The van der Waals surface area contributed by atoms with Crippen molar-refractivity contribution < 1.29 is 23.9 Å². The van der Waals surface area contributed by atoms with Crippen LogP contribution in [0.3, 0.4) is 0 Å². The maximum Gasteiger partial charge on any atom is 0.333 e. The van der Waals surface area contributed by atoms with Gasteiger partial charge in [0.1, 0.15) is 6.04 Å². The molecular weight excluding hydrogens is 578 g/mol. The van der Waals surface area contributed by atoms with Crippen LogP contribution in [-0.4, -0.2) is 77.7 Å². The lowest BCUT2D eigenvalue weighted by Gasteiger charge is -2.41. The van der Waals surface area contributed by atoms with Gasteiger partial charge in [0, 0.05) is 36.2 Å². The summed E-state index contributed by atoms with van der Waals surface area (Å²) >= 11 is 0. The Morgan fingerprint density at radius 1 is 0.935 bits per heavy atom. The van der Waals surface area contributed by atoms with Crippen LogP contribution < -0.4 is 5.32 Å². The second-order valence-corrected chi connectivity index (χ2v) is 13.1. The Balaban J connectivity index is 1.92. The van der Waals surface area contributed by atoms with Crippen LogP contribution in [0.1, 0.15) is 89.2 Å². The third-order valence-corrected chi connectivity index (χ3v) is 9.14. The van der Waals surface area contributed by atoms with E-state index in [-0.39, 0.29) is 48.6 Å². The zero-order valence-corrected chi connectivity index (χ0v) is 28.9. The van der Waals surface area contributed by atoms with Crippen LogP contribution >= 0.6 is 0 Å². The Hall–Kier alpha value is -3.78. The van der Waals surface area contributed by atoms with E-state index in [0.717, 1.165) is 31.4 Å². The summed E-state index contributed by atoms with van der Waals surface area (Å²) in [6.07, 6.45) is 4.78. The van der Waals surface area contributed by atoms with Crippen molar-refractivity contribution in [2.45, 2.75) is 98.3 Å². The number of amides is 2. The highest BCUT2D eigenvalue weighted by atomic mass is 16.5. The average molecular weight is 632 g/mol. The fourth-order valence-corrected chi connectivity index (χ4v) is 6.07. The molecule has 2 amide bonds. The highest BCUT2D eigenvalue weighted by Crippen LogP contribution is 2.24. The second kappa shape index (κ2) is 17.2. The van der Waals surface area contributed by atoms with Gasteiger partial charge in [-0.15, -0.1) is 0 Å². The maximum absolute atomic E-state index is 14.3. The molecule has 0 aromatic heterocycles. The van der Waals surface area contributed by atoms with E-state index in [1.807, 2.05) is 44.2 Å². The third-order valence-electron chi connectivity index (χ3n) is 9.14. The van der Waals surface area contributed by atoms with Crippen LogP contribution in [0, 0.1) is 11.8 Å². The molecule has 2 aromatic carbocycles. The van der Waals surface area contributed by atoms with E-state index in [4.69, 9.17) is 4.74 Å². The molecule has 1 aliphatic rings. The molecule has 0 spiro atoms.